The van der Waals surface area contributed by atoms with Crippen molar-refractivity contribution in [2.24, 2.45) is 0 Å². The molecule has 0 saturated heterocycles. The maximum Gasteiger partial charge on any atom is 0.258 e. The molecule has 0 atom stereocenters. The average Bonchev–Trinajstić information content (AvgIpc) is 2.55. The zero-order chi connectivity index (χ0) is 14.7. The van der Waals surface area contributed by atoms with E-state index in [9.17, 15) is 0 Å². The number of nitrogens with zero attached hydrogens (tertiary/aromatic N) is 3. The third-order valence-corrected chi connectivity index (χ3v) is 3.26. The summed E-state index contributed by atoms with van der Waals surface area (Å²) in [5.41, 5.74) is 2.74. The molecule has 3 rings (SSSR count). The van der Waals surface area contributed by atoms with Crippen molar-refractivity contribution in [3.05, 3.63) is 54.6 Å². The van der Waals surface area contributed by atoms with Crippen molar-refractivity contribution in [3.8, 4) is 5.88 Å². The maximum absolute atomic E-state index is 5.67. The van der Waals surface area contributed by atoms with Gasteiger partial charge >= 0.3 is 0 Å². The van der Waals surface area contributed by atoms with Crippen LogP contribution < -0.4 is 9.64 Å². The maximum atomic E-state index is 5.67. The standard InChI is InChI=1S/C17H17N3O/c1-3-21-17-16(20(2)13-9-5-4-6-10-13)18-14-11-7-8-12-15(14)19-17/h4-12H,3H2,1-2H3. The number of hydrogen-bond donors (Lipinski definition) is 0. The van der Waals surface area contributed by atoms with E-state index in [4.69, 9.17) is 9.72 Å². The van der Waals surface area contributed by atoms with Gasteiger partial charge in [-0.1, -0.05) is 30.3 Å². The number of ether oxygens (including phenoxy) is 1. The lowest BCUT2D eigenvalue weighted by Gasteiger charge is -2.20. The van der Waals surface area contributed by atoms with Gasteiger partial charge in [-0.25, -0.2) is 9.97 Å². The molecule has 1 heterocycles. The van der Waals surface area contributed by atoms with Gasteiger partial charge in [-0.2, -0.15) is 0 Å². The molecule has 0 radical (unpaired) electrons. The van der Waals surface area contributed by atoms with Gasteiger partial charge < -0.3 is 9.64 Å². The van der Waals surface area contributed by atoms with Crippen molar-refractivity contribution < 1.29 is 4.74 Å². The van der Waals surface area contributed by atoms with Gasteiger partial charge in [0.05, 0.1) is 17.6 Å². The molecule has 0 saturated carbocycles. The summed E-state index contributed by atoms with van der Waals surface area (Å²) >= 11 is 0. The second kappa shape index (κ2) is 5.79. The zero-order valence-corrected chi connectivity index (χ0v) is 12.2. The summed E-state index contributed by atoms with van der Waals surface area (Å²) < 4.78 is 5.67. The number of rotatable bonds is 4. The number of anilines is 2. The van der Waals surface area contributed by atoms with E-state index in [1.165, 1.54) is 0 Å². The first-order valence-corrected chi connectivity index (χ1v) is 6.98. The highest BCUT2D eigenvalue weighted by atomic mass is 16.5. The fraction of sp³-hybridized carbons (Fsp3) is 0.176. The van der Waals surface area contributed by atoms with Crippen LogP contribution in [0, 0.1) is 0 Å². The van der Waals surface area contributed by atoms with Crippen LogP contribution in [0.3, 0.4) is 0 Å². The van der Waals surface area contributed by atoms with Crippen LogP contribution in [0.15, 0.2) is 54.6 Å². The highest BCUT2D eigenvalue weighted by Crippen LogP contribution is 2.30. The highest BCUT2D eigenvalue weighted by Gasteiger charge is 2.15. The molecule has 0 N–H and O–H groups in total. The van der Waals surface area contributed by atoms with Gasteiger partial charge in [0, 0.05) is 12.7 Å². The molecule has 4 nitrogen and oxygen atoms in total. The molecule has 0 spiro atoms. The minimum Gasteiger partial charge on any atom is -0.475 e. The van der Waals surface area contributed by atoms with E-state index < -0.39 is 0 Å². The Morgan fingerprint density at radius 3 is 2.19 bits per heavy atom. The molecule has 106 valence electrons. The van der Waals surface area contributed by atoms with E-state index in [1.807, 2.05) is 73.5 Å². The number of aromatic nitrogens is 2. The van der Waals surface area contributed by atoms with Crippen molar-refractivity contribution in [1.29, 1.82) is 0 Å². The minimum absolute atomic E-state index is 0.558. The quantitative estimate of drug-likeness (QED) is 0.728. The fourth-order valence-electron chi connectivity index (χ4n) is 2.20. The summed E-state index contributed by atoms with van der Waals surface area (Å²) in [5.74, 6) is 1.28. The lowest BCUT2D eigenvalue weighted by molar-refractivity contribution is 0.328. The molecular weight excluding hydrogens is 262 g/mol. The predicted molar refractivity (Wildman–Crippen MR) is 85.2 cm³/mol. The van der Waals surface area contributed by atoms with E-state index in [2.05, 4.69) is 4.98 Å². The lowest BCUT2D eigenvalue weighted by Crippen LogP contribution is -2.14. The van der Waals surface area contributed by atoms with Gasteiger partial charge in [0.15, 0.2) is 5.82 Å². The summed E-state index contributed by atoms with van der Waals surface area (Å²) in [6.45, 7) is 2.51. The molecule has 21 heavy (non-hydrogen) atoms. The van der Waals surface area contributed by atoms with Gasteiger partial charge in [-0.3, -0.25) is 0 Å². The second-order valence-corrected chi connectivity index (χ2v) is 4.67. The van der Waals surface area contributed by atoms with Crippen molar-refractivity contribution in [2.45, 2.75) is 6.92 Å². The third kappa shape index (κ3) is 2.65. The zero-order valence-electron chi connectivity index (χ0n) is 12.2. The van der Waals surface area contributed by atoms with Crippen LogP contribution in [0.1, 0.15) is 6.92 Å². The Morgan fingerprint density at radius 2 is 1.52 bits per heavy atom. The SMILES string of the molecule is CCOc1nc2ccccc2nc1N(C)c1ccccc1. The number of para-hydroxylation sites is 3. The van der Waals surface area contributed by atoms with Crippen LogP contribution in [-0.4, -0.2) is 23.6 Å². The Labute approximate surface area is 124 Å². The van der Waals surface area contributed by atoms with Crippen molar-refractivity contribution >= 4 is 22.5 Å². The topological polar surface area (TPSA) is 38.3 Å². The first-order chi connectivity index (χ1) is 10.3. The van der Waals surface area contributed by atoms with Crippen LogP contribution >= 0.6 is 0 Å². The summed E-state index contributed by atoms with van der Waals surface area (Å²) in [7, 11) is 1.97. The summed E-state index contributed by atoms with van der Waals surface area (Å²) in [6.07, 6.45) is 0. The minimum atomic E-state index is 0.558. The molecule has 0 unspecified atom stereocenters. The first kappa shape index (κ1) is 13.4. The predicted octanol–water partition coefficient (Wildman–Crippen LogP) is 3.80. The van der Waals surface area contributed by atoms with Crippen LogP contribution in [0.4, 0.5) is 11.5 Å². The number of benzene rings is 2. The number of fused-ring (bicyclic) bond motifs is 1. The van der Waals surface area contributed by atoms with Crippen molar-refractivity contribution in [3.63, 3.8) is 0 Å². The van der Waals surface area contributed by atoms with E-state index >= 15 is 0 Å². The van der Waals surface area contributed by atoms with E-state index in [0.717, 1.165) is 22.5 Å². The molecule has 0 fully saturated rings. The third-order valence-electron chi connectivity index (χ3n) is 3.26. The number of hydrogen-bond acceptors (Lipinski definition) is 4. The summed E-state index contributed by atoms with van der Waals surface area (Å²) in [6, 6.07) is 17.9. The molecule has 0 bridgehead atoms. The smallest absolute Gasteiger partial charge is 0.258 e. The Bertz CT molecular complexity index is 743. The largest absolute Gasteiger partial charge is 0.475 e. The Balaban J connectivity index is 2.13. The van der Waals surface area contributed by atoms with Gasteiger partial charge in [-0.15, -0.1) is 0 Å². The summed E-state index contributed by atoms with van der Waals surface area (Å²) in [4.78, 5) is 11.3. The molecule has 0 aliphatic heterocycles. The molecule has 4 heteroatoms. The molecule has 0 aliphatic carbocycles. The molecule has 2 aromatic carbocycles. The first-order valence-electron chi connectivity index (χ1n) is 6.98. The van der Waals surface area contributed by atoms with Gasteiger partial charge in [0.1, 0.15) is 0 Å². The molecular formula is C17H17N3O. The van der Waals surface area contributed by atoms with E-state index in [-0.39, 0.29) is 0 Å². The molecule has 0 aliphatic rings. The van der Waals surface area contributed by atoms with Crippen LogP contribution in [0.2, 0.25) is 0 Å². The molecule has 3 aromatic rings. The lowest BCUT2D eigenvalue weighted by atomic mass is 10.3. The van der Waals surface area contributed by atoms with Gasteiger partial charge in [0.25, 0.3) is 5.88 Å². The summed E-state index contributed by atoms with van der Waals surface area (Å²) in [5, 5.41) is 0. The van der Waals surface area contributed by atoms with Crippen molar-refractivity contribution in [2.75, 3.05) is 18.6 Å². The van der Waals surface area contributed by atoms with Crippen LogP contribution in [-0.2, 0) is 0 Å². The van der Waals surface area contributed by atoms with Gasteiger partial charge in [-0.05, 0) is 31.2 Å². The highest BCUT2D eigenvalue weighted by molar-refractivity contribution is 5.79. The average molecular weight is 279 g/mol. The van der Waals surface area contributed by atoms with Crippen molar-refractivity contribution in [1.82, 2.24) is 9.97 Å². The van der Waals surface area contributed by atoms with Gasteiger partial charge in [0.2, 0.25) is 0 Å². The molecule has 1 aromatic heterocycles. The fourth-order valence-corrected chi connectivity index (χ4v) is 2.20. The van der Waals surface area contributed by atoms with E-state index in [1.54, 1.807) is 0 Å². The van der Waals surface area contributed by atoms with Crippen LogP contribution in [0.5, 0.6) is 5.88 Å². The second-order valence-electron chi connectivity index (χ2n) is 4.67. The monoisotopic (exact) mass is 279 g/mol. The Kier molecular flexibility index (Phi) is 3.69. The normalized spacial score (nSPS) is 10.6. The Morgan fingerprint density at radius 1 is 0.905 bits per heavy atom. The van der Waals surface area contributed by atoms with E-state index in [0.29, 0.717) is 12.5 Å². The van der Waals surface area contributed by atoms with Crippen LogP contribution in [0.25, 0.3) is 11.0 Å². The Hall–Kier alpha value is -2.62. The molecule has 0 amide bonds.